The Hall–Kier alpha value is -1.27. The van der Waals surface area contributed by atoms with Crippen LogP contribution in [0.3, 0.4) is 0 Å². The van der Waals surface area contributed by atoms with Crippen LogP contribution in [0.25, 0.3) is 0 Å². The van der Waals surface area contributed by atoms with E-state index in [9.17, 15) is 18.6 Å². The van der Waals surface area contributed by atoms with Gasteiger partial charge >= 0.3 is 10.1 Å². The van der Waals surface area contributed by atoms with Crippen molar-refractivity contribution in [2.24, 2.45) is 0 Å². The van der Waals surface area contributed by atoms with Crippen LogP contribution < -0.4 is 0 Å². The molecule has 1 rings (SSSR count). The molecule has 0 radical (unpaired) electrons. The van der Waals surface area contributed by atoms with Gasteiger partial charge in [0.25, 0.3) is 0 Å². The van der Waals surface area contributed by atoms with Crippen molar-refractivity contribution in [2.75, 3.05) is 0 Å². The van der Waals surface area contributed by atoms with Gasteiger partial charge in [-0.15, -0.1) is 0 Å². The predicted octanol–water partition coefficient (Wildman–Crippen LogP) is 1.47. The first-order chi connectivity index (χ1) is 6.73. The van der Waals surface area contributed by atoms with Crippen molar-refractivity contribution < 1.29 is 23.2 Å². The van der Waals surface area contributed by atoms with Crippen molar-refractivity contribution in [3.63, 3.8) is 0 Å². The van der Waals surface area contributed by atoms with Gasteiger partial charge in [0, 0.05) is 0 Å². The van der Waals surface area contributed by atoms with Crippen LogP contribution in [-0.2, 0) is 10.1 Å². The topological polar surface area (TPSA) is 94.8 Å². The van der Waals surface area contributed by atoms with Crippen LogP contribution in [-0.4, -0.2) is 23.2 Å². The lowest BCUT2D eigenvalue weighted by Gasteiger charge is -2.09. The smallest absolute Gasteiger partial charge is 0.301 e. The Kier molecular flexibility index (Phi) is 2.92. The van der Waals surface area contributed by atoms with Crippen molar-refractivity contribution in [1.29, 1.82) is 0 Å². The van der Waals surface area contributed by atoms with Crippen molar-refractivity contribution >= 4 is 10.1 Å². The van der Waals surface area contributed by atoms with Gasteiger partial charge in [0.1, 0.15) is 11.5 Å². The number of phenolic OH excluding ortho intramolecular Hbond substituents is 2. The molecule has 0 aliphatic heterocycles. The van der Waals surface area contributed by atoms with Gasteiger partial charge in [-0.1, -0.05) is 13.8 Å². The maximum absolute atomic E-state index is 10.8. The Morgan fingerprint density at radius 3 is 1.80 bits per heavy atom. The molecule has 0 atom stereocenters. The molecule has 0 aromatic heterocycles. The van der Waals surface area contributed by atoms with Gasteiger partial charge in [-0.05, 0) is 23.6 Å². The van der Waals surface area contributed by atoms with Gasteiger partial charge in [0.2, 0.25) is 0 Å². The first kappa shape index (κ1) is 11.8. The molecule has 0 bridgehead atoms. The van der Waals surface area contributed by atoms with Gasteiger partial charge in [-0.2, -0.15) is 8.42 Å². The summed E-state index contributed by atoms with van der Waals surface area (Å²) in [4.78, 5) is -0.855. The fraction of sp³-hybridized carbons (Fsp3) is 0.333. The van der Waals surface area contributed by atoms with Gasteiger partial charge in [0.15, 0.2) is 4.90 Å². The summed E-state index contributed by atoms with van der Waals surface area (Å²) in [6.07, 6.45) is 0. The predicted molar refractivity (Wildman–Crippen MR) is 53.7 cm³/mol. The first-order valence-electron chi connectivity index (χ1n) is 4.27. The van der Waals surface area contributed by atoms with Crippen molar-refractivity contribution in [3.05, 3.63) is 17.7 Å². The maximum atomic E-state index is 10.8. The molecule has 15 heavy (non-hydrogen) atoms. The van der Waals surface area contributed by atoms with Crippen LogP contribution >= 0.6 is 0 Å². The summed E-state index contributed by atoms with van der Waals surface area (Å²) in [5.41, 5.74) is 0.581. The lowest BCUT2D eigenvalue weighted by atomic mass is 10.0. The quantitative estimate of drug-likeness (QED) is 0.671. The normalized spacial score (nSPS) is 12.0. The lowest BCUT2D eigenvalue weighted by Crippen LogP contribution is -2.00. The van der Waals surface area contributed by atoms with Crippen LogP contribution in [0.5, 0.6) is 11.5 Å². The standard InChI is InChI=1S/C9H12O5S/c1-5(2)6-3-7(10)9(8(11)4-6)15(12,13)14/h3-5,10-11H,1-2H3,(H,12,13,14). The number of hydrogen-bond acceptors (Lipinski definition) is 4. The number of rotatable bonds is 2. The third-order valence-electron chi connectivity index (χ3n) is 2.00. The van der Waals surface area contributed by atoms with Gasteiger partial charge in [-0.25, -0.2) is 0 Å². The summed E-state index contributed by atoms with van der Waals surface area (Å²) in [6.45, 7) is 3.64. The molecule has 1 aromatic carbocycles. The molecule has 84 valence electrons. The molecule has 0 saturated carbocycles. The molecule has 0 heterocycles. The molecular weight excluding hydrogens is 220 g/mol. The fourth-order valence-electron chi connectivity index (χ4n) is 1.22. The van der Waals surface area contributed by atoms with Crippen molar-refractivity contribution in [1.82, 2.24) is 0 Å². The molecule has 1 aromatic rings. The van der Waals surface area contributed by atoms with Crippen LogP contribution in [0, 0.1) is 0 Å². The Balaban J connectivity index is 3.48. The molecule has 0 fully saturated rings. The largest absolute Gasteiger partial charge is 0.506 e. The average Bonchev–Trinajstić information content (AvgIpc) is 1.99. The van der Waals surface area contributed by atoms with Crippen LogP contribution in [0.4, 0.5) is 0 Å². The second-order valence-corrected chi connectivity index (χ2v) is 4.88. The summed E-state index contributed by atoms with van der Waals surface area (Å²) >= 11 is 0. The molecule has 0 amide bonds. The fourth-order valence-corrected chi connectivity index (χ4v) is 1.86. The van der Waals surface area contributed by atoms with E-state index in [-0.39, 0.29) is 5.92 Å². The lowest BCUT2D eigenvalue weighted by molar-refractivity contribution is 0.409. The van der Waals surface area contributed by atoms with E-state index < -0.39 is 26.5 Å². The minimum absolute atomic E-state index is 0.0252. The molecule has 0 aliphatic rings. The third-order valence-corrected chi connectivity index (χ3v) is 2.93. The summed E-state index contributed by atoms with van der Waals surface area (Å²) in [5.74, 6) is -1.28. The van der Waals surface area contributed by atoms with Gasteiger partial charge in [0.05, 0.1) is 0 Å². The molecule has 0 aliphatic carbocycles. The molecule has 0 unspecified atom stereocenters. The van der Waals surface area contributed by atoms with E-state index in [2.05, 4.69) is 0 Å². The number of aromatic hydroxyl groups is 2. The Morgan fingerprint density at radius 2 is 1.53 bits per heavy atom. The van der Waals surface area contributed by atoms with E-state index in [1.54, 1.807) is 0 Å². The van der Waals surface area contributed by atoms with Crippen LogP contribution in [0.15, 0.2) is 17.0 Å². The van der Waals surface area contributed by atoms with E-state index in [1.807, 2.05) is 13.8 Å². The minimum atomic E-state index is -4.61. The highest BCUT2D eigenvalue weighted by atomic mass is 32.2. The van der Waals surface area contributed by atoms with E-state index in [0.29, 0.717) is 5.56 Å². The van der Waals surface area contributed by atoms with Crippen molar-refractivity contribution in [3.8, 4) is 11.5 Å². The average molecular weight is 232 g/mol. The highest BCUT2D eigenvalue weighted by molar-refractivity contribution is 7.86. The number of benzene rings is 1. The first-order valence-corrected chi connectivity index (χ1v) is 5.71. The summed E-state index contributed by atoms with van der Waals surface area (Å²) in [7, 11) is -4.61. The Bertz CT molecular complexity index is 452. The molecule has 6 heteroatoms. The van der Waals surface area contributed by atoms with E-state index in [0.717, 1.165) is 0 Å². The summed E-state index contributed by atoms with van der Waals surface area (Å²) in [6, 6.07) is 2.40. The molecule has 0 spiro atoms. The number of phenols is 2. The summed E-state index contributed by atoms with van der Waals surface area (Å²) < 4.78 is 30.3. The zero-order valence-electron chi connectivity index (χ0n) is 8.30. The SMILES string of the molecule is CC(C)c1cc(O)c(S(=O)(=O)O)c(O)c1. The van der Waals surface area contributed by atoms with E-state index in [1.165, 1.54) is 12.1 Å². The molecule has 5 nitrogen and oxygen atoms in total. The molecular formula is C9H12O5S. The molecule has 3 N–H and O–H groups in total. The van der Waals surface area contributed by atoms with Gasteiger partial charge in [-0.3, -0.25) is 4.55 Å². The second kappa shape index (κ2) is 3.71. The molecule has 0 saturated heterocycles. The summed E-state index contributed by atoms with van der Waals surface area (Å²) in [5, 5.41) is 18.7. The number of hydrogen-bond donors (Lipinski definition) is 3. The monoisotopic (exact) mass is 232 g/mol. The van der Waals surface area contributed by atoms with Crippen LogP contribution in [0.2, 0.25) is 0 Å². The zero-order chi connectivity index (χ0) is 11.8. The third kappa shape index (κ3) is 2.40. The van der Waals surface area contributed by atoms with Gasteiger partial charge < -0.3 is 10.2 Å². The van der Waals surface area contributed by atoms with Crippen molar-refractivity contribution in [2.45, 2.75) is 24.7 Å². The minimum Gasteiger partial charge on any atom is -0.506 e. The Morgan fingerprint density at radius 1 is 1.13 bits per heavy atom. The van der Waals surface area contributed by atoms with Crippen LogP contribution in [0.1, 0.15) is 25.3 Å². The van der Waals surface area contributed by atoms with E-state index >= 15 is 0 Å². The van der Waals surface area contributed by atoms with E-state index in [4.69, 9.17) is 4.55 Å². The highest BCUT2D eigenvalue weighted by Gasteiger charge is 2.22. The second-order valence-electron chi connectivity index (χ2n) is 3.52. The Labute approximate surface area is 87.7 Å². The highest BCUT2D eigenvalue weighted by Crippen LogP contribution is 2.35. The zero-order valence-corrected chi connectivity index (χ0v) is 9.11. The maximum Gasteiger partial charge on any atom is 0.301 e.